The zero-order chi connectivity index (χ0) is 11.1. The zero-order valence-corrected chi connectivity index (χ0v) is 10.2. The second kappa shape index (κ2) is 3.85. The fourth-order valence-corrected chi connectivity index (χ4v) is 2.38. The van der Waals surface area contributed by atoms with Crippen LogP contribution in [0.15, 0.2) is 29.8 Å². The van der Waals surface area contributed by atoms with Crippen LogP contribution in [0.3, 0.4) is 0 Å². The Bertz CT molecular complexity index is 396. The van der Waals surface area contributed by atoms with Crippen LogP contribution in [0.2, 0.25) is 0 Å². The van der Waals surface area contributed by atoms with Gasteiger partial charge in [0.1, 0.15) is 0 Å². The molecule has 1 aliphatic carbocycles. The molecular weight excluding hydrogens is 175 g/mol. The molecule has 74 valence electrons. The van der Waals surface area contributed by atoms with E-state index in [1.54, 1.807) is 5.57 Å². The van der Waals surface area contributed by atoms with E-state index >= 15 is 0 Å². The van der Waals surface area contributed by atoms with Gasteiger partial charge in [-0.25, -0.2) is 0 Å². The van der Waals surface area contributed by atoms with Crippen molar-refractivity contribution in [2.75, 3.05) is 0 Å². The molecule has 1 unspecified atom stereocenters. The fraction of sp³-hybridized carbons (Fsp3) is 0.429. The molecule has 0 aliphatic heterocycles. The molecule has 1 aromatic carbocycles. The summed E-state index contributed by atoms with van der Waals surface area (Å²) in [5.74, 6) is 0. The van der Waals surface area contributed by atoms with Gasteiger partial charge in [0.25, 0.3) is 0 Å². The molecule has 0 heterocycles. The molecule has 1 aliphatic rings. The standard InChI is InChI=1S/C14H17.Li/c1-14(2,3)10-11-8-12-6-4-5-7-13(12)9-11;/h4-9H,10H2,1-3H3;. The predicted octanol–water partition coefficient (Wildman–Crippen LogP) is 3.73. The predicted molar refractivity (Wildman–Crippen MR) is 67.0 cm³/mol. The maximum absolute atomic E-state index is 2.38. The molecule has 1 atom stereocenters. The second-order valence-corrected chi connectivity index (χ2v) is 5.81. The Balaban J connectivity index is 2.27. The SMILES string of the molecule is [Li][CH]1C(CC(C)(C)C)=Cc2ccccc21. The monoisotopic (exact) mass is 192 g/mol. The summed E-state index contributed by atoms with van der Waals surface area (Å²) in [7, 11) is 0. The van der Waals surface area contributed by atoms with E-state index in [-0.39, 0.29) is 0 Å². The van der Waals surface area contributed by atoms with Gasteiger partial charge < -0.3 is 0 Å². The van der Waals surface area contributed by atoms with Gasteiger partial charge >= 0.3 is 102 Å². The first kappa shape index (κ1) is 11.1. The third-order valence-corrected chi connectivity index (χ3v) is 3.09. The molecule has 0 aromatic heterocycles. The Morgan fingerprint density at radius 2 is 1.87 bits per heavy atom. The van der Waals surface area contributed by atoms with Gasteiger partial charge in [0, 0.05) is 0 Å². The summed E-state index contributed by atoms with van der Waals surface area (Å²) in [6.07, 6.45) is 3.58. The summed E-state index contributed by atoms with van der Waals surface area (Å²) in [4.78, 5) is 0. The number of benzene rings is 1. The summed E-state index contributed by atoms with van der Waals surface area (Å²) < 4.78 is 0.612. The minimum absolute atomic E-state index is 0.391. The first-order valence-corrected chi connectivity index (χ1v) is 5.77. The molecule has 0 fully saturated rings. The molecule has 0 bridgehead atoms. The van der Waals surface area contributed by atoms with E-state index < -0.39 is 0 Å². The Morgan fingerprint density at radius 3 is 2.47 bits per heavy atom. The topological polar surface area (TPSA) is 0 Å². The van der Waals surface area contributed by atoms with Crippen LogP contribution < -0.4 is 0 Å². The van der Waals surface area contributed by atoms with Gasteiger partial charge in [0.2, 0.25) is 0 Å². The molecule has 15 heavy (non-hydrogen) atoms. The van der Waals surface area contributed by atoms with E-state index in [0.29, 0.717) is 10.0 Å². The van der Waals surface area contributed by atoms with E-state index in [4.69, 9.17) is 0 Å². The van der Waals surface area contributed by atoms with Gasteiger partial charge in [0.05, 0.1) is 0 Å². The molecule has 1 heteroatoms. The summed E-state index contributed by atoms with van der Waals surface area (Å²) >= 11 is 2.32. The number of hydrogen-bond acceptors (Lipinski definition) is 0. The van der Waals surface area contributed by atoms with Crippen molar-refractivity contribution < 1.29 is 0 Å². The Labute approximate surface area is 102 Å². The van der Waals surface area contributed by atoms with Crippen molar-refractivity contribution in [3.05, 3.63) is 41.0 Å². The van der Waals surface area contributed by atoms with Crippen molar-refractivity contribution in [3.63, 3.8) is 0 Å². The Kier molecular flexibility index (Phi) is 2.84. The third-order valence-electron chi connectivity index (χ3n) is 3.09. The molecule has 1 aromatic rings. The normalized spacial score (nSPS) is 20.1. The van der Waals surface area contributed by atoms with Crippen LogP contribution in [0.25, 0.3) is 6.08 Å². The number of allylic oxidation sites excluding steroid dienone is 1. The van der Waals surface area contributed by atoms with E-state index in [2.05, 4.69) is 68.8 Å². The van der Waals surface area contributed by atoms with Crippen molar-refractivity contribution in [2.45, 2.75) is 31.8 Å². The van der Waals surface area contributed by atoms with Gasteiger partial charge in [-0.15, -0.1) is 0 Å². The van der Waals surface area contributed by atoms with Crippen molar-refractivity contribution >= 4 is 23.8 Å². The molecule has 0 saturated carbocycles. The molecule has 2 rings (SSSR count). The van der Waals surface area contributed by atoms with Crippen LogP contribution in [0.5, 0.6) is 0 Å². The van der Waals surface area contributed by atoms with Crippen LogP contribution in [0, 0.1) is 5.41 Å². The van der Waals surface area contributed by atoms with Crippen LogP contribution in [-0.2, 0) is 0 Å². The third kappa shape index (κ3) is 2.38. The molecule has 0 spiro atoms. The fourth-order valence-electron chi connectivity index (χ4n) is 2.38. The quantitative estimate of drug-likeness (QED) is 0.595. The van der Waals surface area contributed by atoms with Gasteiger partial charge in [-0.1, -0.05) is 0 Å². The van der Waals surface area contributed by atoms with Crippen molar-refractivity contribution in [3.8, 4) is 0 Å². The van der Waals surface area contributed by atoms with Crippen LogP contribution in [-0.4, -0.2) is 17.7 Å². The van der Waals surface area contributed by atoms with Gasteiger partial charge in [-0.2, -0.15) is 0 Å². The van der Waals surface area contributed by atoms with E-state index in [1.807, 2.05) is 0 Å². The first-order chi connectivity index (χ1) is 6.97. The van der Waals surface area contributed by atoms with E-state index in [9.17, 15) is 0 Å². The summed E-state index contributed by atoms with van der Waals surface area (Å²) in [6, 6.07) is 8.75. The van der Waals surface area contributed by atoms with E-state index in [0.717, 1.165) is 0 Å². The molecule has 0 radical (unpaired) electrons. The minimum atomic E-state index is 0.391. The molecule has 0 nitrogen and oxygen atoms in total. The maximum atomic E-state index is 2.38. The van der Waals surface area contributed by atoms with Crippen LogP contribution in [0.1, 0.15) is 42.9 Å². The zero-order valence-electron chi connectivity index (χ0n) is 10.2. The number of rotatable bonds is 1. The Hall–Kier alpha value is -0.443. The number of fused-ring (bicyclic) bond motifs is 1. The van der Waals surface area contributed by atoms with Crippen molar-refractivity contribution in [2.24, 2.45) is 5.41 Å². The first-order valence-electron chi connectivity index (χ1n) is 5.77. The molecule has 0 N–H and O–H groups in total. The average molecular weight is 192 g/mol. The summed E-state index contributed by atoms with van der Waals surface area (Å²) in [5, 5.41) is 0. The summed E-state index contributed by atoms with van der Waals surface area (Å²) in [6.45, 7) is 6.93. The van der Waals surface area contributed by atoms with Crippen LogP contribution in [0.4, 0.5) is 0 Å². The van der Waals surface area contributed by atoms with Gasteiger partial charge in [-0.3, -0.25) is 0 Å². The Morgan fingerprint density at radius 1 is 1.20 bits per heavy atom. The van der Waals surface area contributed by atoms with E-state index in [1.165, 1.54) is 17.5 Å². The van der Waals surface area contributed by atoms with Crippen LogP contribution >= 0.6 is 0 Å². The van der Waals surface area contributed by atoms with Crippen molar-refractivity contribution in [1.82, 2.24) is 0 Å². The second-order valence-electron chi connectivity index (χ2n) is 5.81. The average Bonchev–Trinajstić information content (AvgIpc) is 2.42. The van der Waals surface area contributed by atoms with Crippen molar-refractivity contribution in [1.29, 1.82) is 0 Å². The van der Waals surface area contributed by atoms with Gasteiger partial charge in [0.15, 0.2) is 0 Å². The van der Waals surface area contributed by atoms with Gasteiger partial charge in [-0.05, 0) is 0 Å². The molecule has 0 saturated heterocycles. The molecule has 0 amide bonds. The number of hydrogen-bond donors (Lipinski definition) is 0. The summed E-state index contributed by atoms with van der Waals surface area (Å²) in [5.41, 5.74) is 4.90. The molecular formula is C14H17Li.